The van der Waals surface area contributed by atoms with Crippen LogP contribution in [0.3, 0.4) is 0 Å². The van der Waals surface area contributed by atoms with Crippen LogP contribution in [-0.4, -0.2) is 0 Å². The second kappa shape index (κ2) is 11.6. The average molecular weight is 250 g/mol. The minimum Gasteiger partial charge on any atom is -0.0958 e. The number of rotatable bonds is 11. The Labute approximate surface area is 116 Å². The summed E-state index contributed by atoms with van der Waals surface area (Å²) < 4.78 is 0. The first kappa shape index (κ1) is 17.5. The van der Waals surface area contributed by atoms with Crippen molar-refractivity contribution < 1.29 is 0 Å². The molecule has 0 aliphatic rings. The molecule has 0 aromatic carbocycles. The highest BCUT2D eigenvalue weighted by Gasteiger charge is 2.01. The van der Waals surface area contributed by atoms with Crippen LogP contribution in [0.25, 0.3) is 0 Å². The van der Waals surface area contributed by atoms with Crippen molar-refractivity contribution in [1.29, 1.82) is 0 Å². The van der Waals surface area contributed by atoms with Gasteiger partial charge in [-0.1, -0.05) is 83.9 Å². The molecule has 0 rings (SSSR count). The van der Waals surface area contributed by atoms with E-state index in [0.717, 1.165) is 12.3 Å². The molecule has 0 aliphatic heterocycles. The highest BCUT2D eigenvalue weighted by Crippen LogP contribution is 2.18. The highest BCUT2D eigenvalue weighted by molar-refractivity contribution is 5.25. The molecule has 0 radical (unpaired) electrons. The van der Waals surface area contributed by atoms with E-state index in [1.54, 1.807) is 0 Å². The first-order chi connectivity index (χ1) is 8.61. The van der Waals surface area contributed by atoms with E-state index in [1.165, 1.54) is 62.5 Å². The predicted octanol–water partition coefficient (Wildman–Crippen LogP) is 6.68. The first-order valence-corrected chi connectivity index (χ1v) is 7.96. The van der Waals surface area contributed by atoms with E-state index in [4.69, 9.17) is 0 Å². The summed E-state index contributed by atoms with van der Waals surface area (Å²) in [5.41, 5.74) is 2.69. The minimum atomic E-state index is 0.831. The third kappa shape index (κ3) is 9.50. The molecule has 18 heavy (non-hydrogen) atoms. The monoisotopic (exact) mass is 250 g/mol. The number of unbranched alkanes of at least 4 members (excludes halogenated alkanes) is 5. The lowest BCUT2D eigenvalue weighted by Crippen LogP contribution is -1.94. The van der Waals surface area contributed by atoms with E-state index in [1.807, 2.05) is 0 Å². The zero-order valence-corrected chi connectivity index (χ0v) is 13.2. The third-order valence-electron chi connectivity index (χ3n) is 3.75. The maximum Gasteiger partial charge on any atom is -0.0308 e. The van der Waals surface area contributed by atoms with Crippen LogP contribution in [0.1, 0.15) is 85.5 Å². The Morgan fingerprint density at radius 1 is 1.06 bits per heavy atom. The van der Waals surface area contributed by atoms with Crippen LogP contribution >= 0.6 is 0 Å². The summed E-state index contributed by atoms with van der Waals surface area (Å²) >= 11 is 0. The van der Waals surface area contributed by atoms with Crippen molar-refractivity contribution >= 4 is 0 Å². The van der Waals surface area contributed by atoms with Gasteiger partial charge in [0, 0.05) is 0 Å². The van der Waals surface area contributed by atoms with Gasteiger partial charge in [-0.05, 0) is 31.3 Å². The Bertz CT molecular complexity index is 234. The third-order valence-corrected chi connectivity index (χ3v) is 3.75. The van der Waals surface area contributed by atoms with Crippen molar-refractivity contribution in [2.75, 3.05) is 0 Å². The van der Waals surface area contributed by atoms with Crippen LogP contribution < -0.4 is 0 Å². The van der Waals surface area contributed by atoms with Crippen LogP contribution in [0.4, 0.5) is 0 Å². The fraction of sp³-hybridized carbons (Fsp3) is 0.778. The molecule has 0 heterocycles. The molecule has 0 saturated heterocycles. The lowest BCUT2D eigenvalue weighted by molar-refractivity contribution is 0.486. The Balaban J connectivity index is 3.64. The molecular weight excluding hydrogens is 216 g/mol. The molecule has 0 N–H and O–H groups in total. The lowest BCUT2D eigenvalue weighted by atomic mass is 9.96. The van der Waals surface area contributed by atoms with Gasteiger partial charge in [0.15, 0.2) is 0 Å². The van der Waals surface area contributed by atoms with Crippen molar-refractivity contribution in [3.8, 4) is 0 Å². The van der Waals surface area contributed by atoms with Crippen molar-refractivity contribution in [2.45, 2.75) is 85.5 Å². The van der Waals surface area contributed by atoms with E-state index in [9.17, 15) is 0 Å². The van der Waals surface area contributed by atoms with Gasteiger partial charge >= 0.3 is 0 Å². The van der Waals surface area contributed by atoms with Gasteiger partial charge < -0.3 is 0 Å². The van der Waals surface area contributed by atoms with E-state index in [0.29, 0.717) is 0 Å². The van der Waals surface area contributed by atoms with Crippen LogP contribution in [-0.2, 0) is 0 Å². The topological polar surface area (TPSA) is 0 Å². The first-order valence-electron chi connectivity index (χ1n) is 7.96. The summed E-state index contributed by atoms with van der Waals surface area (Å²) in [6, 6.07) is 0. The van der Waals surface area contributed by atoms with E-state index in [2.05, 4.69) is 40.3 Å². The summed E-state index contributed by atoms with van der Waals surface area (Å²) in [5.74, 6) is 0.831. The molecule has 0 saturated carbocycles. The Morgan fingerprint density at radius 2 is 1.67 bits per heavy atom. The van der Waals surface area contributed by atoms with Gasteiger partial charge in [-0.2, -0.15) is 0 Å². The van der Waals surface area contributed by atoms with Crippen LogP contribution in [0.5, 0.6) is 0 Å². The predicted molar refractivity (Wildman–Crippen MR) is 85.0 cm³/mol. The normalized spacial score (nSPS) is 13.7. The molecule has 106 valence electrons. The Kier molecular flexibility index (Phi) is 11.2. The minimum absolute atomic E-state index is 0.831. The maximum atomic E-state index is 4.04. The molecule has 0 bridgehead atoms. The zero-order chi connectivity index (χ0) is 13.8. The molecule has 0 aromatic heterocycles. The van der Waals surface area contributed by atoms with Gasteiger partial charge in [-0.25, -0.2) is 0 Å². The maximum absolute atomic E-state index is 4.04. The number of allylic oxidation sites excluding steroid dienone is 3. The Hall–Kier alpha value is -0.520. The van der Waals surface area contributed by atoms with Gasteiger partial charge in [0.25, 0.3) is 0 Å². The fourth-order valence-electron chi connectivity index (χ4n) is 2.35. The van der Waals surface area contributed by atoms with Gasteiger partial charge in [0.05, 0.1) is 0 Å². The quantitative estimate of drug-likeness (QED) is 0.283. The van der Waals surface area contributed by atoms with Crippen LogP contribution in [0, 0.1) is 5.92 Å². The van der Waals surface area contributed by atoms with Gasteiger partial charge in [-0.15, -0.1) is 0 Å². The molecule has 1 unspecified atom stereocenters. The molecule has 0 aromatic rings. The molecule has 0 nitrogen and oxygen atoms in total. The standard InChI is InChI=1S/C18H34/c1-6-8-9-10-11-12-13-17(5)14-15-18(7-2)16(3)4/h15,17H,3,6-14H2,1-2,4-5H3/b18-15+. The van der Waals surface area contributed by atoms with Crippen molar-refractivity contribution in [2.24, 2.45) is 5.92 Å². The van der Waals surface area contributed by atoms with Gasteiger partial charge in [-0.3, -0.25) is 0 Å². The second-order valence-electron chi connectivity index (χ2n) is 5.76. The number of hydrogen-bond acceptors (Lipinski definition) is 0. The molecule has 0 fully saturated rings. The van der Waals surface area contributed by atoms with Crippen LogP contribution in [0.2, 0.25) is 0 Å². The van der Waals surface area contributed by atoms with Gasteiger partial charge in [0.1, 0.15) is 0 Å². The highest BCUT2D eigenvalue weighted by atomic mass is 14.1. The van der Waals surface area contributed by atoms with E-state index in [-0.39, 0.29) is 0 Å². The SMILES string of the molecule is C=C(C)/C(=C/CC(C)CCCCCCCC)CC. The largest absolute Gasteiger partial charge is 0.0958 e. The van der Waals surface area contributed by atoms with Crippen molar-refractivity contribution in [3.63, 3.8) is 0 Å². The molecule has 1 atom stereocenters. The molecule has 0 heteroatoms. The van der Waals surface area contributed by atoms with Crippen molar-refractivity contribution in [1.82, 2.24) is 0 Å². The molecular formula is C18H34. The van der Waals surface area contributed by atoms with E-state index >= 15 is 0 Å². The lowest BCUT2D eigenvalue weighted by Gasteiger charge is -2.10. The molecule has 0 amide bonds. The molecule has 0 aliphatic carbocycles. The smallest absolute Gasteiger partial charge is 0.0308 e. The fourth-order valence-corrected chi connectivity index (χ4v) is 2.35. The summed E-state index contributed by atoms with van der Waals surface area (Å²) in [7, 11) is 0. The zero-order valence-electron chi connectivity index (χ0n) is 13.2. The van der Waals surface area contributed by atoms with Crippen LogP contribution in [0.15, 0.2) is 23.8 Å². The number of hydrogen-bond donors (Lipinski definition) is 0. The second-order valence-corrected chi connectivity index (χ2v) is 5.76. The summed E-state index contributed by atoms with van der Waals surface area (Å²) in [4.78, 5) is 0. The van der Waals surface area contributed by atoms with E-state index < -0.39 is 0 Å². The average Bonchev–Trinajstić information content (AvgIpc) is 2.34. The van der Waals surface area contributed by atoms with Crippen molar-refractivity contribution in [3.05, 3.63) is 23.8 Å². The Morgan fingerprint density at radius 3 is 2.22 bits per heavy atom. The summed E-state index contributed by atoms with van der Waals surface area (Å²) in [6.45, 7) is 13.0. The molecule has 0 spiro atoms. The summed E-state index contributed by atoms with van der Waals surface area (Å²) in [5, 5.41) is 0. The van der Waals surface area contributed by atoms with Gasteiger partial charge in [0.2, 0.25) is 0 Å². The summed E-state index contributed by atoms with van der Waals surface area (Å²) in [6.07, 6.45) is 14.6.